The van der Waals surface area contributed by atoms with Gasteiger partial charge >= 0.3 is 5.97 Å². The Morgan fingerprint density at radius 1 is 1.08 bits per heavy atom. The Labute approximate surface area is 221 Å². The number of rotatable bonds is 7. The van der Waals surface area contributed by atoms with E-state index in [0.29, 0.717) is 22.6 Å². The average molecular weight is 533 g/mol. The first kappa shape index (κ1) is 25.6. The van der Waals surface area contributed by atoms with Crippen molar-refractivity contribution >= 4 is 23.5 Å². The molecule has 11 heteroatoms. The highest BCUT2D eigenvalue weighted by Gasteiger charge is 2.32. The van der Waals surface area contributed by atoms with Gasteiger partial charge in [0.05, 0.1) is 11.3 Å². The van der Waals surface area contributed by atoms with E-state index in [0.717, 1.165) is 4.90 Å². The molecule has 9 nitrogen and oxygen atoms in total. The van der Waals surface area contributed by atoms with E-state index in [9.17, 15) is 28.3 Å². The van der Waals surface area contributed by atoms with Crippen LogP contribution in [0.3, 0.4) is 0 Å². The van der Waals surface area contributed by atoms with Crippen molar-refractivity contribution in [2.45, 2.75) is 13.2 Å². The normalized spacial score (nSPS) is 11.7. The number of carboxylic acid groups (broad SMARTS) is 1. The summed E-state index contributed by atoms with van der Waals surface area (Å²) in [6.07, 6.45) is 0. The van der Waals surface area contributed by atoms with Gasteiger partial charge in [-0.3, -0.25) is 14.3 Å². The van der Waals surface area contributed by atoms with Crippen LogP contribution in [0, 0.1) is 11.6 Å². The second-order valence-corrected chi connectivity index (χ2v) is 8.92. The van der Waals surface area contributed by atoms with Gasteiger partial charge in [-0.05, 0) is 42.5 Å². The number of hydrogen-bond donors (Lipinski definition) is 2. The Hall–Kier alpha value is -5.06. The monoisotopic (exact) mass is 532 g/mol. The van der Waals surface area contributed by atoms with E-state index in [2.05, 4.69) is 10.4 Å². The lowest BCUT2D eigenvalue weighted by molar-refractivity contribution is -0.117. The van der Waals surface area contributed by atoms with E-state index in [4.69, 9.17) is 4.74 Å². The van der Waals surface area contributed by atoms with Gasteiger partial charge in [0, 0.05) is 36.0 Å². The minimum absolute atomic E-state index is 0.00933. The number of carbonyl (C=O) groups is 3. The number of halogens is 2. The van der Waals surface area contributed by atoms with Gasteiger partial charge in [-0.2, -0.15) is 5.10 Å². The number of carbonyl (C=O) groups excluding carboxylic acids is 2. The minimum atomic E-state index is -1.16. The number of anilines is 1. The Morgan fingerprint density at radius 3 is 2.64 bits per heavy atom. The zero-order chi connectivity index (χ0) is 27.7. The van der Waals surface area contributed by atoms with E-state index >= 15 is 0 Å². The molecule has 2 N–H and O–H groups in total. The lowest BCUT2D eigenvalue weighted by atomic mass is 10.0. The standard InChI is InChI=1S/C28H22F2N4O5/c1-33-26-20-12-18(29)9-10-23(20)39-15-21(26)25(32-33)27(36)34(13-17-5-2-3-8-22(17)30)14-24(35)31-19-7-4-6-16(11-19)28(37)38/h2-12H,13-15H2,1H3,(H,31,35)(H,37,38). The smallest absolute Gasteiger partial charge is 0.335 e. The maximum atomic E-state index is 14.5. The molecule has 2 heterocycles. The molecule has 4 aromatic rings. The number of carboxylic acids is 1. The zero-order valence-corrected chi connectivity index (χ0v) is 20.6. The number of aryl methyl sites for hydroxylation is 1. The molecule has 0 unspecified atom stereocenters. The first-order chi connectivity index (χ1) is 18.7. The molecule has 0 bridgehead atoms. The van der Waals surface area contributed by atoms with Gasteiger partial charge in [0.25, 0.3) is 5.91 Å². The molecule has 0 aliphatic carbocycles. The van der Waals surface area contributed by atoms with Crippen LogP contribution in [0.5, 0.6) is 5.75 Å². The van der Waals surface area contributed by atoms with Crippen molar-refractivity contribution < 1.29 is 33.0 Å². The fourth-order valence-electron chi connectivity index (χ4n) is 4.46. The van der Waals surface area contributed by atoms with E-state index in [1.807, 2.05) is 0 Å². The Morgan fingerprint density at radius 2 is 1.87 bits per heavy atom. The zero-order valence-electron chi connectivity index (χ0n) is 20.6. The highest BCUT2D eigenvalue weighted by atomic mass is 19.1. The molecule has 39 heavy (non-hydrogen) atoms. The second kappa shape index (κ2) is 10.4. The van der Waals surface area contributed by atoms with E-state index in [1.54, 1.807) is 13.1 Å². The van der Waals surface area contributed by atoms with Gasteiger partial charge in [-0.25, -0.2) is 13.6 Å². The molecule has 0 radical (unpaired) electrons. The number of benzene rings is 3. The molecular weight excluding hydrogens is 510 g/mol. The first-order valence-electron chi connectivity index (χ1n) is 11.9. The summed E-state index contributed by atoms with van der Waals surface area (Å²) in [4.78, 5) is 39.2. The predicted octanol–water partition coefficient (Wildman–Crippen LogP) is 4.24. The molecule has 0 atom stereocenters. The number of aromatic nitrogens is 2. The second-order valence-electron chi connectivity index (χ2n) is 8.92. The lowest BCUT2D eigenvalue weighted by Crippen LogP contribution is -2.38. The Kier molecular flexibility index (Phi) is 6.80. The largest absolute Gasteiger partial charge is 0.488 e. The molecule has 0 saturated carbocycles. The summed E-state index contributed by atoms with van der Waals surface area (Å²) in [6, 6.07) is 15.6. The number of nitrogens with zero attached hydrogens (tertiary/aromatic N) is 3. The highest BCUT2D eigenvalue weighted by Crippen LogP contribution is 2.39. The number of ether oxygens (including phenoxy) is 1. The Bertz CT molecular complexity index is 1620. The molecule has 1 aromatic heterocycles. The fraction of sp³-hybridized carbons (Fsp3) is 0.143. The fourth-order valence-corrected chi connectivity index (χ4v) is 4.46. The molecule has 198 valence electrons. The van der Waals surface area contributed by atoms with Gasteiger partial charge in [0.1, 0.15) is 30.5 Å². The molecule has 3 aromatic carbocycles. The van der Waals surface area contributed by atoms with Crippen molar-refractivity contribution in [3.8, 4) is 17.0 Å². The van der Waals surface area contributed by atoms with Crippen LogP contribution in [0.25, 0.3) is 11.3 Å². The minimum Gasteiger partial charge on any atom is -0.488 e. The van der Waals surface area contributed by atoms with Crippen LogP contribution < -0.4 is 10.1 Å². The summed E-state index contributed by atoms with van der Waals surface area (Å²) in [5.74, 6) is -3.04. The lowest BCUT2D eigenvalue weighted by Gasteiger charge is -2.23. The van der Waals surface area contributed by atoms with Crippen LogP contribution >= 0.6 is 0 Å². The maximum Gasteiger partial charge on any atom is 0.335 e. The van der Waals surface area contributed by atoms with Crippen molar-refractivity contribution in [3.63, 3.8) is 0 Å². The van der Waals surface area contributed by atoms with Crippen LogP contribution in [0.2, 0.25) is 0 Å². The van der Waals surface area contributed by atoms with Crippen LogP contribution in [-0.2, 0) is 25.0 Å². The maximum absolute atomic E-state index is 14.5. The van der Waals surface area contributed by atoms with Crippen molar-refractivity contribution in [3.05, 3.63) is 101 Å². The van der Waals surface area contributed by atoms with Gasteiger partial charge in [-0.1, -0.05) is 24.3 Å². The molecule has 0 saturated heterocycles. The predicted molar refractivity (Wildman–Crippen MR) is 136 cm³/mol. The van der Waals surface area contributed by atoms with Gasteiger partial charge in [0.2, 0.25) is 5.91 Å². The van der Waals surface area contributed by atoms with Gasteiger partial charge < -0.3 is 20.1 Å². The summed E-state index contributed by atoms with van der Waals surface area (Å²) >= 11 is 0. The average Bonchev–Trinajstić information content (AvgIpc) is 3.25. The molecule has 5 rings (SSSR count). The molecule has 1 aliphatic heterocycles. The summed E-state index contributed by atoms with van der Waals surface area (Å²) in [5, 5.41) is 16.2. The van der Waals surface area contributed by atoms with E-state index < -0.39 is 36.0 Å². The topological polar surface area (TPSA) is 114 Å². The third-order valence-corrected chi connectivity index (χ3v) is 6.25. The summed E-state index contributed by atoms with van der Waals surface area (Å²) in [6.45, 7) is -0.738. The number of aromatic carboxylic acids is 1. The number of hydrogen-bond acceptors (Lipinski definition) is 5. The van der Waals surface area contributed by atoms with E-state index in [-0.39, 0.29) is 35.7 Å². The summed E-state index contributed by atoms with van der Waals surface area (Å²) < 4.78 is 35.7. The number of fused-ring (bicyclic) bond motifs is 3. The van der Waals surface area contributed by atoms with Crippen molar-refractivity contribution in [2.24, 2.45) is 7.05 Å². The quantitative estimate of drug-likeness (QED) is 0.368. The number of nitrogens with one attached hydrogen (secondary N) is 1. The molecule has 1 aliphatic rings. The van der Waals surface area contributed by atoms with Crippen LogP contribution in [0.15, 0.2) is 66.7 Å². The van der Waals surface area contributed by atoms with Gasteiger partial charge in [0.15, 0.2) is 5.69 Å². The van der Waals surface area contributed by atoms with Crippen LogP contribution in [0.1, 0.15) is 32.0 Å². The molecular formula is C28H22F2N4O5. The van der Waals surface area contributed by atoms with Crippen molar-refractivity contribution in [1.82, 2.24) is 14.7 Å². The van der Waals surface area contributed by atoms with Crippen molar-refractivity contribution in [2.75, 3.05) is 11.9 Å². The summed E-state index contributed by atoms with van der Waals surface area (Å²) in [7, 11) is 1.61. The third kappa shape index (κ3) is 5.19. The van der Waals surface area contributed by atoms with Crippen molar-refractivity contribution in [1.29, 1.82) is 0 Å². The van der Waals surface area contributed by atoms with Crippen LogP contribution in [0.4, 0.5) is 14.5 Å². The van der Waals surface area contributed by atoms with Gasteiger partial charge in [-0.15, -0.1) is 0 Å². The first-order valence-corrected chi connectivity index (χ1v) is 11.9. The van der Waals surface area contributed by atoms with E-state index in [1.165, 1.54) is 65.3 Å². The number of amides is 2. The SMILES string of the molecule is Cn1nc(C(=O)N(CC(=O)Nc2cccc(C(=O)O)c2)Cc2ccccc2F)c2c1-c1cc(F)ccc1OC2. The third-order valence-electron chi connectivity index (χ3n) is 6.25. The molecule has 0 fully saturated rings. The summed E-state index contributed by atoms with van der Waals surface area (Å²) in [5.41, 5.74) is 1.71. The Balaban J connectivity index is 1.47. The van der Waals surface area contributed by atoms with Crippen LogP contribution in [-0.4, -0.2) is 44.1 Å². The molecule has 2 amide bonds. The highest BCUT2D eigenvalue weighted by molar-refractivity contribution is 6.00. The molecule has 0 spiro atoms.